The zero-order valence-corrected chi connectivity index (χ0v) is 12.1. The molecule has 0 aliphatic heterocycles. The van der Waals surface area contributed by atoms with Crippen molar-refractivity contribution in [1.29, 1.82) is 0 Å². The molecule has 1 N–H and O–H groups in total. The number of hydrogen-bond acceptors (Lipinski definition) is 4. The van der Waals surface area contributed by atoms with Crippen molar-refractivity contribution in [2.45, 2.75) is 19.8 Å². The Balaban J connectivity index is 2.18. The summed E-state index contributed by atoms with van der Waals surface area (Å²) < 4.78 is 6.28. The van der Waals surface area contributed by atoms with Gasteiger partial charge < -0.3 is 9.84 Å². The highest BCUT2D eigenvalue weighted by Crippen LogP contribution is 2.26. The average molecular weight is 310 g/mol. The first-order valence-electron chi connectivity index (χ1n) is 6.01. The summed E-state index contributed by atoms with van der Waals surface area (Å²) in [5.41, 5.74) is 0.947. The van der Waals surface area contributed by atoms with Crippen molar-refractivity contribution in [2.75, 3.05) is 13.1 Å². The second-order valence-corrected chi connectivity index (χ2v) is 5.00. The molecule has 1 aromatic carbocycles. The van der Waals surface area contributed by atoms with Crippen LogP contribution in [0.4, 0.5) is 0 Å². The van der Waals surface area contributed by atoms with Crippen LogP contribution in [0.2, 0.25) is 0 Å². The third-order valence-corrected chi connectivity index (χ3v) is 3.37. The van der Waals surface area contributed by atoms with Gasteiger partial charge in [0, 0.05) is 22.5 Å². The number of halogens is 1. The monoisotopic (exact) mass is 309 g/mol. The number of benzene rings is 1. The smallest absolute Gasteiger partial charge is 0.231 e. The molecule has 1 heterocycles. The molecule has 0 spiro atoms. The molecule has 1 aromatic heterocycles. The van der Waals surface area contributed by atoms with E-state index >= 15 is 0 Å². The SMILES string of the molecule is CCNCC(C)c1nc(-c2ccccc2Br)no1. The van der Waals surface area contributed by atoms with Crippen LogP contribution in [0.15, 0.2) is 33.3 Å². The molecule has 1 unspecified atom stereocenters. The molecule has 0 bridgehead atoms. The predicted molar refractivity (Wildman–Crippen MR) is 74.4 cm³/mol. The van der Waals surface area contributed by atoms with E-state index in [9.17, 15) is 0 Å². The number of rotatable bonds is 5. The van der Waals surface area contributed by atoms with E-state index in [1.807, 2.05) is 24.3 Å². The first kappa shape index (κ1) is 13.2. The molecule has 0 saturated carbocycles. The maximum Gasteiger partial charge on any atom is 0.231 e. The van der Waals surface area contributed by atoms with Gasteiger partial charge >= 0.3 is 0 Å². The third-order valence-electron chi connectivity index (χ3n) is 2.68. The maximum absolute atomic E-state index is 5.31. The normalized spacial score (nSPS) is 12.6. The molecular weight excluding hydrogens is 294 g/mol. The fourth-order valence-electron chi connectivity index (χ4n) is 1.64. The highest BCUT2D eigenvalue weighted by molar-refractivity contribution is 9.10. The summed E-state index contributed by atoms with van der Waals surface area (Å²) in [6.45, 7) is 5.93. The summed E-state index contributed by atoms with van der Waals surface area (Å²) in [6.07, 6.45) is 0. The van der Waals surface area contributed by atoms with Gasteiger partial charge in [-0.05, 0) is 18.7 Å². The van der Waals surface area contributed by atoms with Gasteiger partial charge in [-0.1, -0.05) is 47.1 Å². The summed E-state index contributed by atoms with van der Waals surface area (Å²) in [6, 6.07) is 7.85. The number of nitrogens with one attached hydrogen (secondary N) is 1. The van der Waals surface area contributed by atoms with Gasteiger partial charge in [-0.3, -0.25) is 0 Å². The second kappa shape index (κ2) is 6.11. The zero-order chi connectivity index (χ0) is 13.0. The van der Waals surface area contributed by atoms with Crippen molar-refractivity contribution in [3.05, 3.63) is 34.6 Å². The first-order valence-corrected chi connectivity index (χ1v) is 6.81. The topological polar surface area (TPSA) is 51.0 Å². The molecule has 0 aliphatic rings. The standard InChI is InChI=1S/C13H16BrN3O/c1-3-15-8-9(2)13-16-12(17-18-13)10-6-4-5-7-11(10)14/h4-7,9,15H,3,8H2,1-2H3. The lowest BCUT2D eigenvalue weighted by molar-refractivity contribution is 0.355. The summed E-state index contributed by atoms with van der Waals surface area (Å²) >= 11 is 3.49. The average Bonchev–Trinajstić information content (AvgIpc) is 2.86. The van der Waals surface area contributed by atoms with Crippen LogP contribution in [0.5, 0.6) is 0 Å². The Morgan fingerprint density at radius 2 is 2.17 bits per heavy atom. The van der Waals surface area contributed by atoms with E-state index in [1.54, 1.807) is 0 Å². The Morgan fingerprint density at radius 3 is 2.89 bits per heavy atom. The summed E-state index contributed by atoms with van der Waals surface area (Å²) in [7, 11) is 0. The predicted octanol–water partition coefficient (Wildman–Crippen LogP) is 3.21. The van der Waals surface area contributed by atoms with Gasteiger partial charge in [0.15, 0.2) is 0 Å². The van der Waals surface area contributed by atoms with Crippen LogP contribution < -0.4 is 5.32 Å². The fraction of sp³-hybridized carbons (Fsp3) is 0.385. The molecular formula is C13H16BrN3O. The quantitative estimate of drug-likeness (QED) is 0.921. The van der Waals surface area contributed by atoms with E-state index in [1.165, 1.54) is 0 Å². The highest BCUT2D eigenvalue weighted by Gasteiger charge is 2.15. The molecule has 5 heteroatoms. The van der Waals surface area contributed by atoms with Crippen molar-refractivity contribution in [3.63, 3.8) is 0 Å². The fourth-order valence-corrected chi connectivity index (χ4v) is 2.10. The van der Waals surface area contributed by atoms with E-state index in [-0.39, 0.29) is 5.92 Å². The minimum Gasteiger partial charge on any atom is -0.339 e. The van der Waals surface area contributed by atoms with E-state index in [0.717, 1.165) is 23.1 Å². The summed E-state index contributed by atoms with van der Waals surface area (Å²) in [5, 5.41) is 7.30. The van der Waals surface area contributed by atoms with Gasteiger partial charge in [-0.25, -0.2) is 0 Å². The molecule has 1 atom stereocenters. The number of hydrogen-bond donors (Lipinski definition) is 1. The molecule has 4 nitrogen and oxygen atoms in total. The molecule has 18 heavy (non-hydrogen) atoms. The van der Waals surface area contributed by atoms with Crippen LogP contribution in [0, 0.1) is 0 Å². The molecule has 0 amide bonds. The highest BCUT2D eigenvalue weighted by atomic mass is 79.9. The Bertz CT molecular complexity index is 512. The first-order chi connectivity index (χ1) is 8.72. The minimum atomic E-state index is 0.216. The van der Waals surface area contributed by atoms with Crippen LogP contribution in [-0.4, -0.2) is 23.2 Å². The molecule has 2 rings (SSSR count). The second-order valence-electron chi connectivity index (χ2n) is 4.14. The zero-order valence-electron chi connectivity index (χ0n) is 10.5. The van der Waals surface area contributed by atoms with Gasteiger partial charge in [-0.15, -0.1) is 0 Å². The van der Waals surface area contributed by atoms with Crippen molar-refractivity contribution in [3.8, 4) is 11.4 Å². The van der Waals surface area contributed by atoms with Gasteiger partial charge in [0.2, 0.25) is 11.7 Å². The Morgan fingerprint density at radius 1 is 1.39 bits per heavy atom. The van der Waals surface area contributed by atoms with Crippen molar-refractivity contribution < 1.29 is 4.52 Å². The Labute approximate surface area is 115 Å². The van der Waals surface area contributed by atoms with Crippen molar-refractivity contribution in [2.24, 2.45) is 0 Å². The van der Waals surface area contributed by atoms with Crippen LogP contribution in [0.3, 0.4) is 0 Å². The lowest BCUT2D eigenvalue weighted by Gasteiger charge is -2.05. The van der Waals surface area contributed by atoms with E-state index in [0.29, 0.717) is 11.7 Å². The molecule has 96 valence electrons. The van der Waals surface area contributed by atoms with E-state index in [4.69, 9.17) is 4.52 Å². The molecule has 2 aromatic rings. The number of nitrogens with zero attached hydrogens (tertiary/aromatic N) is 2. The third kappa shape index (κ3) is 2.97. The van der Waals surface area contributed by atoms with Crippen molar-refractivity contribution in [1.82, 2.24) is 15.5 Å². The molecule has 0 saturated heterocycles. The van der Waals surface area contributed by atoms with E-state index in [2.05, 4.69) is 45.2 Å². The Hall–Kier alpha value is -1.20. The van der Waals surface area contributed by atoms with Crippen LogP contribution in [-0.2, 0) is 0 Å². The molecule has 0 fully saturated rings. The lowest BCUT2D eigenvalue weighted by Crippen LogP contribution is -2.19. The summed E-state index contributed by atoms with van der Waals surface area (Å²) in [5.74, 6) is 1.51. The Kier molecular flexibility index (Phi) is 4.49. The minimum absolute atomic E-state index is 0.216. The van der Waals surface area contributed by atoms with Gasteiger partial charge in [0.05, 0.1) is 0 Å². The summed E-state index contributed by atoms with van der Waals surface area (Å²) in [4.78, 5) is 4.45. The van der Waals surface area contributed by atoms with Gasteiger partial charge in [0.25, 0.3) is 0 Å². The van der Waals surface area contributed by atoms with E-state index < -0.39 is 0 Å². The molecule has 0 aliphatic carbocycles. The number of likely N-dealkylation sites (N-methyl/N-ethyl adjacent to an activating group) is 1. The van der Waals surface area contributed by atoms with Crippen molar-refractivity contribution >= 4 is 15.9 Å². The van der Waals surface area contributed by atoms with Crippen LogP contribution >= 0.6 is 15.9 Å². The maximum atomic E-state index is 5.31. The van der Waals surface area contributed by atoms with Gasteiger partial charge in [0.1, 0.15) is 0 Å². The van der Waals surface area contributed by atoms with Crippen LogP contribution in [0.1, 0.15) is 25.7 Å². The van der Waals surface area contributed by atoms with Gasteiger partial charge in [-0.2, -0.15) is 4.98 Å². The number of aromatic nitrogens is 2. The van der Waals surface area contributed by atoms with Crippen LogP contribution in [0.25, 0.3) is 11.4 Å². The molecule has 0 radical (unpaired) electrons. The largest absolute Gasteiger partial charge is 0.339 e. The lowest BCUT2D eigenvalue weighted by atomic mass is 10.2.